The minimum absolute atomic E-state index is 0.0157. The van der Waals surface area contributed by atoms with Gasteiger partial charge in [-0.25, -0.2) is 0 Å². The van der Waals surface area contributed by atoms with Gasteiger partial charge < -0.3 is 14.2 Å². The van der Waals surface area contributed by atoms with Gasteiger partial charge in [0.25, 0.3) is 18.8 Å². The predicted octanol–water partition coefficient (Wildman–Crippen LogP) is 1.02. The molecule has 6 heteroatoms. The minimum atomic E-state index is -1.50. The van der Waals surface area contributed by atoms with Crippen LogP contribution in [0.1, 0.15) is 6.42 Å². The standard InChI is InChI=1S/C9H5N3O3/c10-5-13-8-2-1-3-9(4-8,14-6-11)15-7-12/h1-3H,4H2. The van der Waals surface area contributed by atoms with E-state index >= 15 is 0 Å². The van der Waals surface area contributed by atoms with E-state index in [-0.39, 0.29) is 12.2 Å². The zero-order chi connectivity index (χ0) is 11.1. The predicted molar refractivity (Wildman–Crippen MR) is 44.7 cm³/mol. The molecule has 0 aliphatic heterocycles. The molecule has 0 atom stereocenters. The molecule has 0 aromatic rings. The van der Waals surface area contributed by atoms with Crippen molar-refractivity contribution in [3.8, 4) is 18.8 Å². The second-order valence-corrected chi connectivity index (χ2v) is 2.56. The molecular weight excluding hydrogens is 198 g/mol. The van der Waals surface area contributed by atoms with E-state index in [0.29, 0.717) is 0 Å². The zero-order valence-corrected chi connectivity index (χ0v) is 7.51. The fourth-order valence-electron chi connectivity index (χ4n) is 1.11. The number of nitrogens with zero attached hydrogens (tertiary/aromatic N) is 3. The van der Waals surface area contributed by atoms with Crippen molar-refractivity contribution in [2.75, 3.05) is 0 Å². The van der Waals surface area contributed by atoms with E-state index in [0.717, 1.165) is 0 Å². The number of hydrogen-bond acceptors (Lipinski definition) is 6. The quantitative estimate of drug-likeness (QED) is 0.501. The maximum atomic E-state index is 8.41. The summed E-state index contributed by atoms with van der Waals surface area (Å²) in [5.41, 5.74) is 0. The highest BCUT2D eigenvalue weighted by atomic mass is 16.7. The summed E-state index contributed by atoms with van der Waals surface area (Å²) in [7, 11) is 0. The summed E-state index contributed by atoms with van der Waals surface area (Å²) in [4.78, 5) is 0. The maximum absolute atomic E-state index is 8.41. The molecule has 0 bridgehead atoms. The molecule has 0 saturated carbocycles. The Labute approximate surface area is 85.8 Å². The van der Waals surface area contributed by atoms with Crippen molar-refractivity contribution in [1.82, 2.24) is 0 Å². The summed E-state index contributed by atoms with van der Waals surface area (Å²) >= 11 is 0. The fourth-order valence-corrected chi connectivity index (χ4v) is 1.11. The molecular formula is C9H5N3O3. The molecule has 0 amide bonds. The summed E-state index contributed by atoms with van der Waals surface area (Å²) in [5, 5.41) is 25.1. The van der Waals surface area contributed by atoms with Gasteiger partial charge in [-0.1, -0.05) is 6.08 Å². The van der Waals surface area contributed by atoms with E-state index in [1.165, 1.54) is 37.0 Å². The lowest BCUT2D eigenvalue weighted by Crippen LogP contribution is -2.32. The molecule has 0 spiro atoms. The highest BCUT2D eigenvalue weighted by molar-refractivity contribution is 5.21. The van der Waals surface area contributed by atoms with Crippen LogP contribution in [0.25, 0.3) is 0 Å². The Morgan fingerprint density at radius 3 is 2.33 bits per heavy atom. The Bertz CT molecular complexity index is 403. The van der Waals surface area contributed by atoms with Gasteiger partial charge in [0.05, 0.1) is 6.42 Å². The maximum Gasteiger partial charge on any atom is 0.302 e. The van der Waals surface area contributed by atoms with Crippen LogP contribution in [0, 0.1) is 34.6 Å². The lowest BCUT2D eigenvalue weighted by atomic mass is 10.1. The van der Waals surface area contributed by atoms with E-state index in [9.17, 15) is 0 Å². The first-order valence-electron chi connectivity index (χ1n) is 3.85. The number of ether oxygens (including phenoxy) is 3. The highest BCUT2D eigenvalue weighted by Crippen LogP contribution is 2.28. The van der Waals surface area contributed by atoms with Crippen molar-refractivity contribution in [2.45, 2.75) is 12.2 Å². The minimum Gasteiger partial charge on any atom is -0.392 e. The Balaban J connectivity index is 2.84. The smallest absolute Gasteiger partial charge is 0.302 e. The molecule has 1 aliphatic rings. The van der Waals surface area contributed by atoms with Crippen molar-refractivity contribution >= 4 is 0 Å². The lowest BCUT2D eigenvalue weighted by molar-refractivity contribution is -0.122. The molecule has 0 N–H and O–H groups in total. The van der Waals surface area contributed by atoms with Crippen molar-refractivity contribution in [2.24, 2.45) is 0 Å². The largest absolute Gasteiger partial charge is 0.392 e. The molecule has 0 fully saturated rings. The average molecular weight is 203 g/mol. The monoisotopic (exact) mass is 203 g/mol. The topological polar surface area (TPSA) is 99.1 Å². The van der Waals surface area contributed by atoms with Gasteiger partial charge in [-0.15, -0.1) is 5.26 Å². The van der Waals surface area contributed by atoms with Crippen molar-refractivity contribution in [3.05, 3.63) is 24.0 Å². The van der Waals surface area contributed by atoms with Crippen LogP contribution >= 0.6 is 0 Å². The third-order valence-electron chi connectivity index (χ3n) is 1.67. The third kappa shape index (κ3) is 2.40. The van der Waals surface area contributed by atoms with Crippen LogP contribution in [-0.2, 0) is 14.2 Å². The number of rotatable bonds is 3. The number of hydrogen-bond donors (Lipinski definition) is 0. The van der Waals surface area contributed by atoms with Crippen LogP contribution in [0.15, 0.2) is 24.0 Å². The normalized spacial score (nSPS) is 16.2. The number of allylic oxidation sites excluding steroid dienone is 2. The molecule has 0 unspecified atom stereocenters. The molecule has 1 aliphatic carbocycles. The summed E-state index contributed by atoms with van der Waals surface area (Å²) in [6, 6.07) is 0. The van der Waals surface area contributed by atoms with Crippen LogP contribution in [0.5, 0.6) is 0 Å². The molecule has 0 saturated heterocycles. The Hall–Kier alpha value is -2.65. The molecule has 0 radical (unpaired) electrons. The third-order valence-corrected chi connectivity index (χ3v) is 1.67. The van der Waals surface area contributed by atoms with Gasteiger partial charge in [0.1, 0.15) is 5.76 Å². The average Bonchev–Trinajstić information content (AvgIpc) is 2.19. The fraction of sp³-hybridized carbons (Fsp3) is 0.222. The Kier molecular flexibility index (Phi) is 3.16. The first-order valence-corrected chi connectivity index (χ1v) is 3.85. The number of nitriles is 3. The first-order chi connectivity index (χ1) is 7.26. The van der Waals surface area contributed by atoms with E-state index in [4.69, 9.17) is 15.8 Å². The molecule has 0 aromatic heterocycles. The zero-order valence-electron chi connectivity index (χ0n) is 7.51. The summed E-state index contributed by atoms with van der Waals surface area (Å²) in [6.07, 6.45) is 8.72. The van der Waals surface area contributed by atoms with Crippen LogP contribution in [0.3, 0.4) is 0 Å². The van der Waals surface area contributed by atoms with Crippen LogP contribution in [0.4, 0.5) is 0 Å². The van der Waals surface area contributed by atoms with Gasteiger partial charge in [0.2, 0.25) is 0 Å². The molecule has 15 heavy (non-hydrogen) atoms. The molecule has 0 aromatic carbocycles. The van der Waals surface area contributed by atoms with E-state index in [2.05, 4.69) is 14.2 Å². The van der Waals surface area contributed by atoms with Gasteiger partial charge in [-0.2, -0.15) is 10.5 Å². The summed E-state index contributed by atoms with van der Waals surface area (Å²) in [5.74, 6) is -1.24. The SMILES string of the molecule is N#COC1=CC=CC(OC#N)(OC#N)C1. The molecule has 6 nitrogen and oxygen atoms in total. The van der Waals surface area contributed by atoms with E-state index in [1.807, 2.05) is 0 Å². The lowest BCUT2D eigenvalue weighted by Gasteiger charge is -2.25. The molecule has 1 rings (SSSR count). The molecule has 0 heterocycles. The first kappa shape index (κ1) is 10.4. The van der Waals surface area contributed by atoms with Gasteiger partial charge in [0.15, 0.2) is 0 Å². The highest BCUT2D eigenvalue weighted by Gasteiger charge is 2.36. The van der Waals surface area contributed by atoms with Crippen molar-refractivity contribution in [1.29, 1.82) is 15.8 Å². The van der Waals surface area contributed by atoms with Gasteiger partial charge >= 0.3 is 5.79 Å². The van der Waals surface area contributed by atoms with Crippen LogP contribution in [-0.4, -0.2) is 5.79 Å². The summed E-state index contributed by atoms with van der Waals surface area (Å²) < 4.78 is 13.8. The Morgan fingerprint density at radius 1 is 1.13 bits per heavy atom. The van der Waals surface area contributed by atoms with Gasteiger partial charge in [-0.05, 0) is 6.08 Å². The second kappa shape index (κ2) is 4.55. The van der Waals surface area contributed by atoms with Crippen LogP contribution in [0.2, 0.25) is 0 Å². The molecule has 74 valence electrons. The van der Waals surface area contributed by atoms with Gasteiger partial charge in [0, 0.05) is 6.08 Å². The van der Waals surface area contributed by atoms with Crippen molar-refractivity contribution < 1.29 is 14.2 Å². The van der Waals surface area contributed by atoms with Gasteiger partial charge in [-0.3, -0.25) is 0 Å². The van der Waals surface area contributed by atoms with Crippen LogP contribution < -0.4 is 0 Å². The van der Waals surface area contributed by atoms with E-state index < -0.39 is 5.79 Å². The van der Waals surface area contributed by atoms with E-state index in [1.54, 1.807) is 0 Å². The summed E-state index contributed by atoms with van der Waals surface area (Å²) in [6.45, 7) is 0. The second-order valence-electron chi connectivity index (χ2n) is 2.56. The van der Waals surface area contributed by atoms with Crippen molar-refractivity contribution in [3.63, 3.8) is 0 Å². The Morgan fingerprint density at radius 2 is 1.80 bits per heavy atom.